The topological polar surface area (TPSA) is 55.4 Å². The highest BCUT2D eigenvalue weighted by molar-refractivity contribution is 9.09. The maximum absolute atomic E-state index is 12.1. The van der Waals surface area contributed by atoms with Gasteiger partial charge in [-0.25, -0.2) is 13.1 Å². The van der Waals surface area contributed by atoms with Gasteiger partial charge in [0, 0.05) is 24.6 Å². The lowest BCUT2D eigenvalue weighted by Crippen LogP contribution is -2.44. The van der Waals surface area contributed by atoms with Crippen molar-refractivity contribution in [1.82, 2.24) is 4.72 Å². The molecular formula is C11H22BrNO3S. The highest BCUT2D eigenvalue weighted by Crippen LogP contribution is 2.17. The quantitative estimate of drug-likeness (QED) is 0.758. The minimum atomic E-state index is -3.20. The van der Waals surface area contributed by atoms with Crippen molar-refractivity contribution in [3.05, 3.63) is 0 Å². The molecule has 102 valence electrons. The van der Waals surface area contributed by atoms with E-state index in [9.17, 15) is 8.42 Å². The van der Waals surface area contributed by atoms with E-state index in [1.165, 1.54) is 0 Å². The third-order valence-corrected chi connectivity index (χ3v) is 5.67. The number of nitrogens with one attached hydrogen (secondary N) is 1. The average molecular weight is 328 g/mol. The van der Waals surface area contributed by atoms with E-state index in [4.69, 9.17) is 4.74 Å². The monoisotopic (exact) mass is 327 g/mol. The number of ether oxygens (including phenoxy) is 1. The van der Waals surface area contributed by atoms with E-state index in [0.717, 1.165) is 6.42 Å². The first-order chi connectivity index (χ1) is 7.95. The average Bonchev–Trinajstić information content (AvgIpc) is 2.28. The van der Waals surface area contributed by atoms with Crippen LogP contribution in [0.1, 0.15) is 33.1 Å². The first-order valence-corrected chi connectivity index (χ1v) is 8.77. The second-order valence-electron chi connectivity index (χ2n) is 4.96. The van der Waals surface area contributed by atoms with Gasteiger partial charge in [0.15, 0.2) is 0 Å². The van der Waals surface area contributed by atoms with Crippen LogP contribution in [0.25, 0.3) is 0 Å². The van der Waals surface area contributed by atoms with Crippen LogP contribution in [-0.4, -0.2) is 38.3 Å². The summed E-state index contributed by atoms with van der Waals surface area (Å²) < 4.78 is 32.3. The zero-order valence-electron chi connectivity index (χ0n) is 10.5. The molecule has 1 heterocycles. The zero-order valence-corrected chi connectivity index (χ0v) is 12.9. The van der Waals surface area contributed by atoms with Gasteiger partial charge in [-0.3, -0.25) is 0 Å². The molecule has 0 aromatic heterocycles. The van der Waals surface area contributed by atoms with Gasteiger partial charge in [-0.1, -0.05) is 29.8 Å². The maximum Gasteiger partial charge on any atom is 0.214 e. The van der Waals surface area contributed by atoms with Crippen molar-refractivity contribution in [3.63, 3.8) is 0 Å². The largest absolute Gasteiger partial charge is 0.381 e. The molecule has 1 rings (SSSR count). The van der Waals surface area contributed by atoms with E-state index in [0.29, 0.717) is 37.3 Å². The Morgan fingerprint density at radius 1 is 1.35 bits per heavy atom. The molecular weight excluding hydrogens is 306 g/mol. The van der Waals surface area contributed by atoms with Gasteiger partial charge in [0.05, 0.1) is 5.25 Å². The third-order valence-electron chi connectivity index (χ3n) is 2.88. The molecule has 4 nitrogen and oxygen atoms in total. The van der Waals surface area contributed by atoms with Crippen molar-refractivity contribution < 1.29 is 13.2 Å². The van der Waals surface area contributed by atoms with Crippen LogP contribution in [0.3, 0.4) is 0 Å². The van der Waals surface area contributed by atoms with Gasteiger partial charge < -0.3 is 4.74 Å². The van der Waals surface area contributed by atoms with Crippen LogP contribution in [0.2, 0.25) is 0 Å². The van der Waals surface area contributed by atoms with Crippen LogP contribution >= 0.6 is 15.9 Å². The Kier molecular flexibility index (Phi) is 6.40. The molecule has 0 aliphatic carbocycles. The van der Waals surface area contributed by atoms with Crippen LogP contribution < -0.4 is 4.72 Å². The number of halogens is 1. The minimum Gasteiger partial charge on any atom is -0.381 e. The fourth-order valence-electron chi connectivity index (χ4n) is 2.03. The lowest BCUT2D eigenvalue weighted by Gasteiger charge is -2.25. The smallest absolute Gasteiger partial charge is 0.214 e. The molecule has 0 aromatic rings. The molecule has 0 bridgehead atoms. The van der Waals surface area contributed by atoms with E-state index >= 15 is 0 Å². The van der Waals surface area contributed by atoms with E-state index < -0.39 is 10.0 Å². The van der Waals surface area contributed by atoms with Crippen LogP contribution in [0.15, 0.2) is 0 Å². The zero-order chi connectivity index (χ0) is 12.9. The van der Waals surface area contributed by atoms with Crippen molar-refractivity contribution in [3.8, 4) is 0 Å². The summed E-state index contributed by atoms with van der Waals surface area (Å²) in [5.74, 6) is 0.481. The first kappa shape index (κ1) is 15.4. The molecule has 1 fully saturated rings. The highest BCUT2D eigenvalue weighted by Gasteiger charge is 2.29. The molecule has 0 amide bonds. The third kappa shape index (κ3) is 5.24. The van der Waals surface area contributed by atoms with E-state index in [2.05, 4.69) is 34.5 Å². The summed E-state index contributed by atoms with van der Waals surface area (Å²) in [5.41, 5.74) is 0. The SMILES string of the molecule is CC(C)CC(CBr)NS(=O)(=O)C1CCOCC1. The van der Waals surface area contributed by atoms with E-state index in [1.807, 2.05) is 0 Å². The fraction of sp³-hybridized carbons (Fsp3) is 1.00. The van der Waals surface area contributed by atoms with Gasteiger partial charge in [-0.15, -0.1) is 0 Å². The molecule has 1 saturated heterocycles. The summed E-state index contributed by atoms with van der Waals surface area (Å²) in [7, 11) is -3.20. The van der Waals surface area contributed by atoms with Gasteiger partial charge in [-0.05, 0) is 25.2 Å². The summed E-state index contributed by atoms with van der Waals surface area (Å²) in [5, 5.41) is 0.373. The van der Waals surface area contributed by atoms with Crippen molar-refractivity contribution in [2.75, 3.05) is 18.5 Å². The molecule has 1 atom stereocenters. The lowest BCUT2D eigenvalue weighted by atomic mass is 10.1. The molecule has 1 aliphatic rings. The van der Waals surface area contributed by atoms with E-state index in [1.54, 1.807) is 0 Å². The summed E-state index contributed by atoms with van der Waals surface area (Å²) in [6.45, 7) is 5.29. The molecule has 0 saturated carbocycles. The molecule has 17 heavy (non-hydrogen) atoms. The van der Waals surface area contributed by atoms with Gasteiger partial charge in [0.1, 0.15) is 0 Å². The molecule has 6 heteroatoms. The van der Waals surface area contributed by atoms with Crippen LogP contribution in [0.4, 0.5) is 0 Å². The molecule has 1 aliphatic heterocycles. The lowest BCUT2D eigenvalue weighted by molar-refractivity contribution is 0.0980. The Bertz CT molecular complexity index is 313. The summed E-state index contributed by atoms with van der Waals surface area (Å²) in [6.07, 6.45) is 2.06. The number of rotatable bonds is 6. The van der Waals surface area contributed by atoms with Gasteiger partial charge in [0.25, 0.3) is 0 Å². The molecule has 0 aromatic carbocycles. The number of hydrogen-bond acceptors (Lipinski definition) is 3. The Hall–Kier alpha value is 0.350. The van der Waals surface area contributed by atoms with Crippen molar-refractivity contribution in [1.29, 1.82) is 0 Å². The van der Waals surface area contributed by atoms with Crippen LogP contribution in [0, 0.1) is 5.92 Å². The Morgan fingerprint density at radius 3 is 2.41 bits per heavy atom. The summed E-state index contributed by atoms with van der Waals surface area (Å²) >= 11 is 3.37. The maximum atomic E-state index is 12.1. The number of alkyl halides is 1. The van der Waals surface area contributed by atoms with Gasteiger partial charge in [0.2, 0.25) is 10.0 Å². The second-order valence-corrected chi connectivity index (χ2v) is 7.60. The Balaban J connectivity index is 2.56. The summed E-state index contributed by atoms with van der Waals surface area (Å²) in [4.78, 5) is 0. The number of hydrogen-bond donors (Lipinski definition) is 1. The number of sulfonamides is 1. The predicted octanol–water partition coefficient (Wildman–Crippen LogP) is 1.89. The van der Waals surface area contributed by atoms with Gasteiger partial charge >= 0.3 is 0 Å². The standard InChI is InChI=1S/C11H22BrNO3S/c1-9(2)7-10(8-12)13-17(14,15)11-3-5-16-6-4-11/h9-11,13H,3-8H2,1-2H3. The fourth-order valence-corrected chi connectivity index (χ4v) is 4.32. The second kappa shape index (κ2) is 7.07. The molecule has 0 radical (unpaired) electrons. The van der Waals surface area contributed by atoms with Crippen molar-refractivity contribution >= 4 is 26.0 Å². The van der Waals surface area contributed by atoms with E-state index in [-0.39, 0.29) is 11.3 Å². The normalized spacial score (nSPS) is 20.7. The molecule has 1 unspecified atom stereocenters. The highest BCUT2D eigenvalue weighted by atomic mass is 79.9. The molecule has 1 N–H and O–H groups in total. The minimum absolute atomic E-state index is 0.0113. The first-order valence-electron chi connectivity index (χ1n) is 6.10. The Morgan fingerprint density at radius 2 is 1.94 bits per heavy atom. The van der Waals surface area contributed by atoms with Crippen molar-refractivity contribution in [2.45, 2.75) is 44.4 Å². The van der Waals surface area contributed by atoms with Gasteiger partial charge in [-0.2, -0.15) is 0 Å². The van der Waals surface area contributed by atoms with Crippen molar-refractivity contribution in [2.24, 2.45) is 5.92 Å². The van der Waals surface area contributed by atoms with Crippen LogP contribution in [0.5, 0.6) is 0 Å². The predicted molar refractivity (Wildman–Crippen MR) is 72.9 cm³/mol. The molecule has 0 spiro atoms. The van der Waals surface area contributed by atoms with Crippen LogP contribution in [-0.2, 0) is 14.8 Å². The summed E-state index contributed by atoms with van der Waals surface area (Å²) in [6, 6.07) is -0.0113. The Labute approximate surface area is 113 Å².